The number of hydrogen-bond donors (Lipinski definition) is 0. The summed E-state index contributed by atoms with van der Waals surface area (Å²) in [6.45, 7) is 9.79. The summed E-state index contributed by atoms with van der Waals surface area (Å²) in [7, 11) is 0. The van der Waals surface area contributed by atoms with E-state index in [1.807, 2.05) is 250 Å². The van der Waals surface area contributed by atoms with Gasteiger partial charge in [0.1, 0.15) is 0 Å². The Labute approximate surface area is 581 Å². The van der Waals surface area contributed by atoms with Crippen LogP contribution in [0.4, 0.5) is 22.7 Å². The minimum atomic E-state index is -0.0582. The van der Waals surface area contributed by atoms with Crippen LogP contribution in [-0.2, 0) is 0 Å². The van der Waals surface area contributed by atoms with Gasteiger partial charge in [0, 0.05) is 109 Å². The SMILES string of the molecule is CCCCN(C(=O)c1ccccc1)c1ccc(C#Cc2cc(C#Cc3ccc(N(C(=O)c4ccccc4)C(C)C4CCCCC4)cc3)c(C#Cc3ccc(N(CCCC)C(=O)c4ccccc4)cc3)c(C#Cc3ccc(N(C(=O)c4ccccc4)C(C)C4CCCCC4)cc3)c2)cc1. The van der Waals surface area contributed by atoms with Gasteiger partial charge in [-0.05, 0) is 222 Å². The number of hydrogen-bond acceptors (Lipinski definition) is 4. The average Bonchev–Trinajstić information content (AvgIpc) is 0.828. The maximum Gasteiger partial charge on any atom is 0.258 e. The van der Waals surface area contributed by atoms with Gasteiger partial charge in [-0.2, -0.15) is 0 Å². The summed E-state index contributed by atoms with van der Waals surface area (Å²) >= 11 is 0. The molecule has 0 N–H and O–H groups in total. The second kappa shape index (κ2) is 34.2. The molecule has 2 aliphatic rings. The molecule has 0 bridgehead atoms. The molecule has 0 aliphatic heterocycles. The monoisotopic (exact) mass is 1290 g/mol. The first-order valence-electron chi connectivity index (χ1n) is 35.2. The third-order valence-electron chi connectivity index (χ3n) is 19.1. The summed E-state index contributed by atoms with van der Waals surface area (Å²) in [6, 6.07) is 73.4. The molecule has 0 saturated heterocycles. The van der Waals surface area contributed by atoms with E-state index in [4.69, 9.17) is 0 Å². The van der Waals surface area contributed by atoms with Crippen molar-refractivity contribution >= 4 is 46.4 Å². The van der Waals surface area contributed by atoms with E-state index in [0.717, 1.165) is 96.4 Å². The normalized spacial score (nSPS) is 13.4. The molecule has 0 aromatic heterocycles. The molecule has 0 heterocycles. The molecule has 2 atom stereocenters. The molecule has 0 radical (unpaired) electrons. The Kier molecular flexibility index (Phi) is 23.9. The Morgan fingerprint density at radius 3 is 0.949 bits per heavy atom. The maximum atomic E-state index is 14.5. The fraction of sp³-hybridized carbons (Fsp3) is 0.267. The smallest absolute Gasteiger partial charge is 0.258 e. The van der Waals surface area contributed by atoms with Crippen LogP contribution in [0.15, 0.2) is 231 Å². The van der Waals surface area contributed by atoms with E-state index in [-0.39, 0.29) is 35.7 Å². The Balaban J connectivity index is 1.01. The zero-order chi connectivity index (χ0) is 68.0. The van der Waals surface area contributed by atoms with Crippen molar-refractivity contribution in [3.8, 4) is 47.4 Å². The molecular weight excluding hydrogens is 1200 g/mol. The Morgan fingerprint density at radius 1 is 0.337 bits per heavy atom. The number of unbranched alkanes of at least 4 members (excludes halogenated alkanes) is 2. The standard InChI is InChI=1S/C90H86N4O4/c1-5-7-63-91(87(95)76-31-19-11-20-32-76)82-54-43-69(44-55-82)39-40-73-65-80(52-41-70-47-58-84(59-48-70)93(67(3)74-27-15-9-16-28-74)89(97)78-35-23-13-24-36-78)86(62-51-72-45-56-83(57-46-72)92(64-8-6-2)88(96)77-33-21-12-22-34-77)81(66-73)53-42-71-49-60-85(61-50-71)94(68(4)75-29-17-10-18-30-75)90(98)79-37-25-14-26-38-79/h11-14,19-26,31-38,43-50,54-61,65-68,74-75H,5-10,15-18,27-30,63-64H2,1-4H3. The van der Waals surface area contributed by atoms with Crippen LogP contribution in [0.1, 0.15) is 204 Å². The van der Waals surface area contributed by atoms with Gasteiger partial charge in [-0.25, -0.2) is 0 Å². The molecule has 9 aromatic rings. The van der Waals surface area contributed by atoms with Gasteiger partial charge in [0.2, 0.25) is 0 Å². The van der Waals surface area contributed by atoms with Crippen molar-refractivity contribution in [2.24, 2.45) is 11.8 Å². The highest BCUT2D eigenvalue weighted by Gasteiger charge is 2.32. The lowest BCUT2D eigenvalue weighted by molar-refractivity contribution is 0.0957. The fourth-order valence-electron chi connectivity index (χ4n) is 13.4. The first-order chi connectivity index (χ1) is 48.0. The Hall–Kier alpha value is -10.9. The zero-order valence-corrected chi connectivity index (χ0v) is 57.0. The molecule has 98 heavy (non-hydrogen) atoms. The number of anilines is 4. The zero-order valence-electron chi connectivity index (χ0n) is 57.0. The van der Waals surface area contributed by atoms with Crippen LogP contribution < -0.4 is 19.6 Å². The molecule has 2 unspecified atom stereocenters. The predicted octanol–water partition coefficient (Wildman–Crippen LogP) is 19.4. The van der Waals surface area contributed by atoms with Gasteiger partial charge in [0.25, 0.3) is 23.6 Å². The summed E-state index contributed by atoms with van der Waals surface area (Å²) in [5.41, 5.74) is 11.3. The second-order valence-electron chi connectivity index (χ2n) is 25.8. The average molecular weight is 1290 g/mol. The van der Waals surface area contributed by atoms with E-state index in [9.17, 15) is 19.2 Å². The van der Waals surface area contributed by atoms with Gasteiger partial charge in [-0.15, -0.1) is 0 Å². The molecule has 9 aromatic carbocycles. The molecule has 490 valence electrons. The lowest BCUT2D eigenvalue weighted by Crippen LogP contribution is -2.43. The topological polar surface area (TPSA) is 81.2 Å². The van der Waals surface area contributed by atoms with Gasteiger partial charge < -0.3 is 19.6 Å². The first kappa shape index (κ1) is 68.5. The van der Waals surface area contributed by atoms with Crippen molar-refractivity contribution in [3.63, 3.8) is 0 Å². The van der Waals surface area contributed by atoms with Crippen molar-refractivity contribution in [2.45, 2.75) is 130 Å². The fourth-order valence-corrected chi connectivity index (χ4v) is 13.4. The third kappa shape index (κ3) is 17.6. The van der Waals surface area contributed by atoms with E-state index in [0.29, 0.717) is 69.4 Å². The molecule has 11 rings (SSSR count). The Morgan fingerprint density at radius 2 is 0.622 bits per heavy atom. The van der Waals surface area contributed by atoms with Crippen LogP contribution in [0, 0.1) is 59.2 Å². The van der Waals surface area contributed by atoms with Gasteiger partial charge in [0.15, 0.2) is 0 Å². The lowest BCUT2D eigenvalue weighted by Gasteiger charge is -2.37. The van der Waals surface area contributed by atoms with E-state index >= 15 is 0 Å². The maximum absolute atomic E-state index is 14.5. The molecule has 2 saturated carbocycles. The van der Waals surface area contributed by atoms with E-state index in [1.54, 1.807) is 0 Å². The van der Waals surface area contributed by atoms with Crippen molar-refractivity contribution in [2.75, 3.05) is 32.7 Å². The van der Waals surface area contributed by atoms with Crippen molar-refractivity contribution < 1.29 is 19.2 Å². The quantitative estimate of drug-likeness (QED) is 0.0802. The summed E-state index contributed by atoms with van der Waals surface area (Å²) in [5.74, 6) is 28.6. The van der Waals surface area contributed by atoms with Gasteiger partial charge in [-0.1, -0.05) is 185 Å². The number of amides is 4. The van der Waals surface area contributed by atoms with Crippen LogP contribution in [0.25, 0.3) is 0 Å². The molecule has 2 fully saturated rings. The van der Waals surface area contributed by atoms with Gasteiger partial charge >= 0.3 is 0 Å². The molecular formula is C90H86N4O4. The van der Waals surface area contributed by atoms with Gasteiger partial charge in [-0.3, -0.25) is 19.2 Å². The van der Waals surface area contributed by atoms with Gasteiger partial charge in [0.05, 0.1) is 5.56 Å². The molecule has 0 spiro atoms. The highest BCUT2D eigenvalue weighted by Crippen LogP contribution is 2.35. The summed E-state index contributed by atoms with van der Waals surface area (Å²) in [5, 5.41) is 0. The minimum absolute atomic E-state index is 0.00823. The first-order valence-corrected chi connectivity index (χ1v) is 35.2. The highest BCUT2D eigenvalue weighted by atomic mass is 16.2. The lowest BCUT2D eigenvalue weighted by atomic mass is 9.83. The van der Waals surface area contributed by atoms with Crippen molar-refractivity contribution in [1.29, 1.82) is 0 Å². The van der Waals surface area contributed by atoms with Crippen LogP contribution in [0.5, 0.6) is 0 Å². The highest BCUT2D eigenvalue weighted by molar-refractivity contribution is 6.08. The number of nitrogens with zero attached hydrogens (tertiary/aromatic N) is 4. The number of benzene rings is 9. The van der Waals surface area contributed by atoms with Crippen LogP contribution in [-0.4, -0.2) is 48.8 Å². The Bertz CT molecular complexity index is 4270. The van der Waals surface area contributed by atoms with E-state index < -0.39 is 0 Å². The molecule has 8 nitrogen and oxygen atoms in total. The second-order valence-corrected chi connectivity index (χ2v) is 25.8. The van der Waals surface area contributed by atoms with Crippen molar-refractivity contribution in [3.05, 3.63) is 297 Å². The largest absolute Gasteiger partial charge is 0.308 e. The summed E-state index contributed by atoms with van der Waals surface area (Å²) < 4.78 is 0. The predicted molar refractivity (Wildman–Crippen MR) is 401 cm³/mol. The third-order valence-corrected chi connectivity index (χ3v) is 19.1. The molecule has 2 aliphatic carbocycles. The van der Waals surface area contributed by atoms with E-state index in [1.165, 1.54) is 38.5 Å². The number of carbonyl (C=O) groups excluding carboxylic acids is 4. The number of rotatable bonds is 18. The van der Waals surface area contributed by atoms with Crippen LogP contribution >= 0.6 is 0 Å². The van der Waals surface area contributed by atoms with E-state index in [2.05, 4.69) is 75.1 Å². The van der Waals surface area contributed by atoms with Crippen LogP contribution in [0.3, 0.4) is 0 Å². The molecule has 4 amide bonds. The summed E-state index contributed by atoms with van der Waals surface area (Å²) in [6.07, 6.45) is 15.1. The minimum Gasteiger partial charge on any atom is -0.308 e. The van der Waals surface area contributed by atoms with Crippen molar-refractivity contribution in [1.82, 2.24) is 0 Å². The molecule has 8 heteroatoms. The summed E-state index contributed by atoms with van der Waals surface area (Å²) in [4.78, 5) is 64.5. The number of carbonyl (C=O) groups is 4. The van der Waals surface area contributed by atoms with Crippen LogP contribution in [0.2, 0.25) is 0 Å².